The molecule has 0 aliphatic carbocycles. The van der Waals surface area contributed by atoms with E-state index < -0.39 is 0 Å². The Hall–Kier alpha value is -0.970. The van der Waals surface area contributed by atoms with E-state index in [9.17, 15) is 0 Å². The average Bonchev–Trinajstić information content (AvgIpc) is 2.31. The van der Waals surface area contributed by atoms with Crippen molar-refractivity contribution >= 4 is 11.6 Å². The zero-order valence-corrected chi connectivity index (χ0v) is 10.6. The first kappa shape index (κ1) is 13.1. The van der Waals surface area contributed by atoms with Crippen LogP contribution in [-0.2, 0) is 6.42 Å². The van der Waals surface area contributed by atoms with E-state index in [-0.39, 0.29) is 0 Å². The molecule has 0 aromatic heterocycles. The number of halogens is 1. The zero-order chi connectivity index (χ0) is 11.8. The van der Waals surface area contributed by atoms with E-state index in [1.807, 2.05) is 26.1 Å². The quantitative estimate of drug-likeness (QED) is 0.773. The normalized spacial score (nSPS) is 11.7. The van der Waals surface area contributed by atoms with Crippen LogP contribution in [0.25, 0.3) is 0 Å². The van der Waals surface area contributed by atoms with Crippen LogP contribution < -0.4 is 5.32 Å². The topological polar surface area (TPSA) is 12.0 Å². The average molecular weight is 236 g/mol. The van der Waals surface area contributed by atoms with E-state index in [4.69, 9.17) is 11.6 Å². The first-order chi connectivity index (χ1) is 7.76. The fraction of sp³-hybridized carbons (Fsp3) is 0.429. The highest BCUT2D eigenvalue weighted by molar-refractivity contribution is 6.30. The first-order valence-electron chi connectivity index (χ1n) is 5.57. The summed E-state index contributed by atoms with van der Waals surface area (Å²) in [6, 6.07) is 8.53. The van der Waals surface area contributed by atoms with Gasteiger partial charge in [0.1, 0.15) is 0 Å². The smallest absolute Gasteiger partial charge is 0.0406 e. The highest BCUT2D eigenvalue weighted by atomic mass is 35.5. The summed E-state index contributed by atoms with van der Waals surface area (Å²) in [5.41, 5.74) is 1.31. The molecular formula is C14H18ClN. The van der Waals surface area contributed by atoms with Crippen LogP contribution in [0.15, 0.2) is 24.3 Å². The molecule has 1 nitrogen and oxygen atoms in total. The first-order valence-corrected chi connectivity index (χ1v) is 5.95. The second kappa shape index (κ2) is 7.33. The van der Waals surface area contributed by atoms with Gasteiger partial charge in [-0.05, 0) is 44.5 Å². The molecule has 1 N–H and O–H groups in total. The summed E-state index contributed by atoms with van der Waals surface area (Å²) < 4.78 is 0. The Kier molecular flexibility index (Phi) is 6.00. The molecule has 0 saturated heterocycles. The molecule has 1 rings (SSSR count). The number of rotatable bonds is 5. The highest BCUT2D eigenvalue weighted by Crippen LogP contribution is 2.12. The van der Waals surface area contributed by atoms with Crippen molar-refractivity contribution in [3.8, 4) is 11.8 Å². The molecule has 0 heterocycles. The van der Waals surface area contributed by atoms with E-state index in [1.54, 1.807) is 0 Å². The van der Waals surface area contributed by atoms with Gasteiger partial charge in [-0.15, -0.1) is 11.8 Å². The van der Waals surface area contributed by atoms with Crippen molar-refractivity contribution in [1.82, 2.24) is 5.32 Å². The number of hydrogen-bond acceptors (Lipinski definition) is 1. The van der Waals surface area contributed by atoms with E-state index in [0.717, 1.165) is 24.3 Å². The van der Waals surface area contributed by atoms with Crippen LogP contribution in [-0.4, -0.2) is 13.1 Å². The Labute approximate surface area is 103 Å². The third-order valence-corrected chi connectivity index (χ3v) is 2.85. The maximum absolute atomic E-state index is 5.85. The molecule has 1 atom stereocenters. The molecule has 0 fully saturated rings. The molecule has 2 heteroatoms. The summed E-state index contributed by atoms with van der Waals surface area (Å²) in [4.78, 5) is 0. The molecule has 0 spiro atoms. The summed E-state index contributed by atoms with van der Waals surface area (Å²) in [6.45, 7) is 1.88. The zero-order valence-electron chi connectivity index (χ0n) is 9.89. The van der Waals surface area contributed by atoms with Crippen molar-refractivity contribution < 1.29 is 0 Å². The van der Waals surface area contributed by atoms with Crippen molar-refractivity contribution in [2.24, 2.45) is 0 Å². The molecule has 86 valence electrons. The van der Waals surface area contributed by atoms with Crippen LogP contribution in [0.3, 0.4) is 0 Å². The lowest BCUT2D eigenvalue weighted by atomic mass is 10.0. The second-order valence-corrected chi connectivity index (χ2v) is 4.22. The largest absolute Gasteiger partial charge is 0.317 e. The standard InChI is InChI=1S/C14H18ClN/c1-3-4-5-6-14(16-2)11-12-7-9-13(15)10-8-12/h7-10,14,16H,5-6,11H2,1-2H3. The van der Waals surface area contributed by atoms with E-state index in [2.05, 4.69) is 29.3 Å². The van der Waals surface area contributed by atoms with Gasteiger partial charge in [-0.3, -0.25) is 0 Å². The van der Waals surface area contributed by atoms with Gasteiger partial charge in [0.05, 0.1) is 0 Å². The predicted molar refractivity (Wildman–Crippen MR) is 70.7 cm³/mol. The minimum absolute atomic E-state index is 0.488. The Morgan fingerprint density at radius 1 is 1.31 bits per heavy atom. The lowest BCUT2D eigenvalue weighted by molar-refractivity contribution is 0.528. The van der Waals surface area contributed by atoms with Gasteiger partial charge in [0, 0.05) is 17.5 Å². The van der Waals surface area contributed by atoms with Crippen molar-refractivity contribution in [1.29, 1.82) is 0 Å². The van der Waals surface area contributed by atoms with Crippen LogP contribution in [0.1, 0.15) is 25.3 Å². The molecule has 0 aliphatic rings. The SMILES string of the molecule is CC#CCCC(Cc1ccc(Cl)cc1)NC. The van der Waals surface area contributed by atoms with Gasteiger partial charge in [0.15, 0.2) is 0 Å². The minimum atomic E-state index is 0.488. The molecule has 1 unspecified atom stereocenters. The molecule has 0 saturated carbocycles. The van der Waals surface area contributed by atoms with E-state index in [1.165, 1.54) is 5.56 Å². The molecule has 0 aliphatic heterocycles. The lowest BCUT2D eigenvalue weighted by Crippen LogP contribution is -2.27. The predicted octanol–water partition coefficient (Wildman–Crippen LogP) is 3.27. The molecule has 16 heavy (non-hydrogen) atoms. The van der Waals surface area contributed by atoms with Gasteiger partial charge >= 0.3 is 0 Å². The number of nitrogens with one attached hydrogen (secondary N) is 1. The van der Waals surface area contributed by atoms with Crippen LogP contribution >= 0.6 is 11.6 Å². The Balaban J connectivity index is 2.48. The van der Waals surface area contributed by atoms with Crippen LogP contribution in [0.2, 0.25) is 5.02 Å². The van der Waals surface area contributed by atoms with Crippen molar-refractivity contribution in [3.63, 3.8) is 0 Å². The fourth-order valence-corrected chi connectivity index (χ4v) is 1.75. The van der Waals surface area contributed by atoms with E-state index >= 15 is 0 Å². The molecular weight excluding hydrogens is 218 g/mol. The molecule has 1 aromatic rings. The number of benzene rings is 1. The van der Waals surface area contributed by atoms with Crippen molar-refractivity contribution in [2.45, 2.75) is 32.2 Å². The van der Waals surface area contributed by atoms with Crippen LogP contribution in [0, 0.1) is 11.8 Å². The van der Waals surface area contributed by atoms with Gasteiger partial charge in [0.2, 0.25) is 0 Å². The summed E-state index contributed by atoms with van der Waals surface area (Å²) in [7, 11) is 2.00. The lowest BCUT2D eigenvalue weighted by Gasteiger charge is -2.14. The maximum Gasteiger partial charge on any atom is 0.0406 e. The van der Waals surface area contributed by atoms with Crippen LogP contribution in [0.5, 0.6) is 0 Å². The molecule has 0 radical (unpaired) electrons. The van der Waals surface area contributed by atoms with Gasteiger partial charge in [-0.25, -0.2) is 0 Å². The summed E-state index contributed by atoms with van der Waals surface area (Å²) >= 11 is 5.85. The maximum atomic E-state index is 5.85. The van der Waals surface area contributed by atoms with Gasteiger partial charge < -0.3 is 5.32 Å². The highest BCUT2D eigenvalue weighted by Gasteiger charge is 2.06. The Morgan fingerprint density at radius 3 is 2.56 bits per heavy atom. The van der Waals surface area contributed by atoms with E-state index in [0.29, 0.717) is 6.04 Å². The fourth-order valence-electron chi connectivity index (χ4n) is 1.62. The monoisotopic (exact) mass is 235 g/mol. The molecule has 0 bridgehead atoms. The Bertz CT molecular complexity index is 359. The third kappa shape index (κ3) is 4.70. The molecule has 1 aromatic carbocycles. The second-order valence-electron chi connectivity index (χ2n) is 3.78. The minimum Gasteiger partial charge on any atom is -0.317 e. The van der Waals surface area contributed by atoms with Crippen molar-refractivity contribution in [2.75, 3.05) is 7.05 Å². The molecule has 0 amide bonds. The Morgan fingerprint density at radius 2 is 2.00 bits per heavy atom. The third-order valence-electron chi connectivity index (χ3n) is 2.60. The summed E-state index contributed by atoms with van der Waals surface area (Å²) in [5, 5.41) is 4.12. The number of likely N-dealkylation sites (N-methyl/N-ethyl adjacent to an activating group) is 1. The van der Waals surface area contributed by atoms with Gasteiger partial charge in [-0.2, -0.15) is 0 Å². The summed E-state index contributed by atoms with van der Waals surface area (Å²) in [5.74, 6) is 6.02. The van der Waals surface area contributed by atoms with Crippen LogP contribution in [0.4, 0.5) is 0 Å². The number of hydrogen-bond donors (Lipinski definition) is 1. The van der Waals surface area contributed by atoms with Gasteiger partial charge in [-0.1, -0.05) is 23.7 Å². The summed E-state index contributed by atoms with van der Waals surface area (Å²) in [6.07, 6.45) is 3.06. The van der Waals surface area contributed by atoms with Gasteiger partial charge in [0.25, 0.3) is 0 Å². The van der Waals surface area contributed by atoms with Crippen molar-refractivity contribution in [3.05, 3.63) is 34.9 Å².